The average molecular weight is 390 g/mol. The Balaban J connectivity index is 1.91. The Hall–Kier alpha value is -3.00. The molecule has 0 saturated heterocycles. The van der Waals surface area contributed by atoms with E-state index in [0.29, 0.717) is 32.0 Å². The normalized spacial score (nSPS) is 10.4. The molecule has 0 aliphatic rings. The lowest BCUT2D eigenvalue weighted by molar-refractivity contribution is -0.123. The van der Waals surface area contributed by atoms with Crippen LogP contribution in [0.25, 0.3) is 0 Å². The van der Waals surface area contributed by atoms with Crippen LogP contribution < -0.4 is 25.0 Å². The van der Waals surface area contributed by atoms with E-state index < -0.39 is 0 Å². The van der Waals surface area contributed by atoms with Gasteiger partial charge in [-0.3, -0.25) is 9.59 Å². The van der Waals surface area contributed by atoms with Crippen LogP contribution in [0.1, 0.15) is 5.69 Å². The molecule has 0 atom stereocenters. The maximum Gasteiger partial charge on any atom is 0.258 e. The molecule has 8 nitrogen and oxygen atoms in total. The summed E-state index contributed by atoms with van der Waals surface area (Å²) in [6.45, 7) is 3.27. The Kier molecular flexibility index (Phi) is 8.36. The maximum absolute atomic E-state index is 12.1. The van der Waals surface area contributed by atoms with Crippen LogP contribution in [0.3, 0.4) is 0 Å². The Labute approximate surface area is 164 Å². The zero-order valence-electron chi connectivity index (χ0n) is 16.4. The van der Waals surface area contributed by atoms with Crippen molar-refractivity contribution in [1.29, 1.82) is 0 Å². The molecule has 0 aliphatic heterocycles. The van der Waals surface area contributed by atoms with Crippen LogP contribution in [0.2, 0.25) is 0 Å². The van der Waals surface area contributed by atoms with Gasteiger partial charge in [-0.25, -0.2) is 0 Å². The monoisotopic (exact) mass is 390 g/mol. The van der Waals surface area contributed by atoms with Crippen LogP contribution in [0.4, 0.5) is 0 Å². The number of hydrogen-bond donors (Lipinski definition) is 1. The summed E-state index contributed by atoms with van der Waals surface area (Å²) in [6, 6.07) is 8.72. The van der Waals surface area contributed by atoms with Gasteiger partial charge in [-0.1, -0.05) is 0 Å². The highest BCUT2D eigenvalue weighted by Gasteiger charge is 2.11. The van der Waals surface area contributed by atoms with Gasteiger partial charge in [0.2, 0.25) is 5.43 Å². The van der Waals surface area contributed by atoms with E-state index in [4.69, 9.17) is 18.9 Å². The second kappa shape index (κ2) is 11.0. The van der Waals surface area contributed by atoms with Crippen molar-refractivity contribution < 1.29 is 23.7 Å². The lowest BCUT2D eigenvalue weighted by Crippen LogP contribution is -2.32. The number of aromatic nitrogens is 1. The van der Waals surface area contributed by atoms with E-state index in [1.165, 1.54) is 6.07 Å². The molecule has 0 aliphatic carbocycles. The highest BCUT2D eigenvalue weighted by Crippen LogP contribution is 2.17. The first-order valence-corrected chi connectivity index (χ1v) is 8.90. The van der Waals surface area contributed by atoms with Crippen LogP contribution in [0.5, 0.6) is 17.2 Å². The molecule has 0 fully saturated rings. The number of carbonyl (C=O) groups excluding carboxylic acids is 1. The molecule has 1 N–H and O–H groups in total. The smallest absolute Gasteiger partial charge is 0.258 e. The highest BCUT2D eigenvalue weighted by molar-refractivity contribution is 5.77. The predicted molar refractivity (Wildman–Crippen MR) is 104 cm³/mol. The first-order chi connectivity index (χ1) is 13.5. The minimum Gasteiger partial charge on any atom is -0.497 e. The summed E-state index contributed by atoms with van der Waals surface area (Å²) in [6.07, 6.45) is 1.68. The molecule has 8 heteroatoms. The number of hydrogen-bond acceptors (Lipinski definition) is 6. The van der Waals surface area contributed by atoms with E-state index in [1.807, 2.05) is 28.8 Å². The molecule has 28 heavy (non-hydrogen) atoms. The zero-order chi connectivity index (χ0) is 20.4. The van der Waals surface area contributed by atoms with Crippen molar-refractivity contribution in [2.45, 2.75) is 13.5 Å². The Morgan fingerprint density at radius 3 is 2.43 bits per heavy atom. The molecule has 0 spiro atoms. The molecule has 0 radical (unpaired) electrons. The number of pyridine rings is 1. The number of carbonyl (C=O) groups is 1. The first kappa shape index (κ1) is 21.3. The largest absolute Gasteiger partial charge is 0.497 e. The van der Waals surface area contributed by atoms with Gasteiger partial charge in [-0.2, -0.15) is 0 Å². The fraction of sp³-hybridized carbons (Fsp3) is 0.400. The molecule has 1 aromatic carbocycles. The van der Waals surface area contributed by atoms with E-state index in [2.05, 4.69) is 5.32 Å². The lowest BCUT2D eigenvalue weighted by atomic mass is 10.3. The van der Waals surface area contributed by atoms with Gasteiger partial charge in [-0.05, 0) is 31.2 Å². The van der Waals surface area contributed by atoms with E-state index in [-0.39, 0.29) is 23.7 Å². The summed E-state index contributed by atoms with van der Waals surface area (Å²) < 4.78 is 23.0. The molecule has 152 valence electrons. The third-order valence-electron chi connectivity index (χ3n) is 4.03. The number of benzene rings is 1. The number of nitrogens with one attached hydrogen (secondary N) is 1. The molecular formula is C20H26N2O6. The van der Waals surface area contributed by atoms with Gasteiger partial charge >= 0.3 is 0 Å². The molecule has 2 aromatic rings. The summed E-state index contributed by atoms with van der Waals surface area (Å²) in [5, 5.41) is 2.64. The van der Waals surface area contributed by atoms with Gasteiger partial charge in [0.05, 0.1) is 26.0 Å². The molecule has 0 saturated carbocycles. The van der Waals surface area contributed by atoms with E-state index in [1.54, 1.807) is 27.3 Å². The van der Waals surface area contributed by atoms with Crippen LogP contribution in [0, 0.1) is 6.92 Å². The zero-order valence-corrected chi connectivity index (χ0v) is 16.4. The van der Waals surface area contributed by atoms with Gasteiger partial charge in [0.15, 0.2) is 12.4 Å². The van der Waals surface area contributed by atoms with Crippen molar-refractivity contribution in [2.24, 2.45) is 0 Å². The van der Waals surface area contributed by atoms with E-state index in [0.717, 1.165) is 11.5 Å². The topological polar surface area (TPSA) is 88.0 Å². The van der Waals surface area contributed by atoms with E-state index in [9.17, 15) is 9.59 Å². The Morgan fingerprint density at radius 2 is 1.75 bits per heavy atom. The minimum atomic E-state index is -0.311. The van der Waals surface area contributed by atoms with Crippen LogP contribution in [-0.2, 0) is 16.1 Å². The quantitative estimate of drug-likeness (QED) is 0.584. The van der Waals surface area contributed by atoms with Crippen molar-refractivity contribution >= 4 is 5.91 Å². The van der Waals surface area contributed by atoms with Crippen LogP contribution in [-0.4, -0.2) is 51.1 Å². The van der Waals surface area contributed by atoms with E-state index >= 15 is 0 Å². The fourth-order valence-corrected chi connectivity index (χ4v) is 2.49. The minimum absolute atomic E-state index is 0.161. The number of rotatable bonds is 11. The molecule has 0 unspecified atom stereocenters. The van der Waals surface area contributed by atoms with Crippen molar-refractivity contribution in [1.82, 2.24) is 9.88 Å². The summed E-state index contributed by atoms with van der Waals surface area (Å²) in [5.41, 5.74) is 0.366. The summed E-state index contributed by atoms with van der Waals surface area (Å²) >= 11 is 0. The van der Waals surface area contributed by atoms with Crippen LogP contribution in [0.15, 0.2) is 41.3 Å². The number of nitrogens with zero attached hydrogens (tertiary/aromatic N) is 1. The Morgan fingerprint density at radius 1 is 1.04 bits per heavy atom. The summed E-state index contributed by atoms with van der Waals surface area (Å²) in [5.74, 6) is 1.34. The van der Waals surface area contributed by atoms with Gasteiger partial charge in [0, 0.05) is 25.9 Å². The summed E-state index contributed by atoms with van der Waals surface area (Å²) in [7, 11) is 3.16. The SMILES string of the molecule is COCCNC(=O)COc1c(C)n(CCOc2ccc(OC)cc2)ccc1=O. The van der Waals surface area contributed by atoms with Gasteiger partial charge in [0.25, 0.3) is 5.91 Å². The predicted octanol–water partition coefficient (Wildman–Crippen LogP) is 1.39. The lowest BCUT2D eigenvalue weighted by Gasteiger charge is -2.15. The molecular weight excluding hydrogens is 364 g/mol. The second-order valence-corrected chi connectivity index (χ2v) is 5.94. The first-order valence-electron chi connectivity index (χ1n) is 8.90. The standard InChI is InChI=1S/C20H26N2O6/c1-15-20(28-14-19(24)21-9-12-25-2)18(23)8-10-22(15)11-13-27-17-6-4-16(26-3)5-7-17/h4-8,10H,9,11-14H2,1-3H3,(H,21,24). The molecule has 1 heterocycles. The number of methoxy groups -OCH3 is 2. The third kappa shape index (κ3) is 6.31. The van der Waals surface area contributed by atoms with Crippen molar-refractivity contribution in [2.75, 3.05) is 40.6 Å². The average Bonchev–Trinajstić information content (AvgIpc) is 2.70. The van der Waals surface area contributed by atoms with Gasteiger partial charge < -0.3 is 28.8 Å². The molecule has 2 rings (SSSR count). The fourth-order valence-electron chi connectivity index (χ4n) is 2.49. The van der Waals surface area contributed by atoms with Crippen molar-refractivity contribution in [3.8, 4) is 17.2 Å². The van der Waals surface area contributed by atoms with Crippen molar-refractivity contribution in [3.63, 3.8) is 0 Å². The van der Waals surface area contributed by atoms with Crippen molar-refractivity contribution in [3.05, 3.63) is 52.4 Å². The number of amides is 1. The molecule has 0 bridgehead atoms. The van der Waals surface area contributed by atoms with Gasteiger partial charge in [0.1, 0.15) is 18.1 Å². The van der Waals surface area contributed by atoms with Gasteiger partial charge in [-0.15, -0.1) is 0 Å². The summed E-state index contributed by atoms with van der Waals surface area (Å²) in [4.78, 5) is 23.8. The Bertz CT molecular complexity index is 816. The molecule has 1 amide bonds. The molecule has 1 aromatic heterocycles. The maximum atomic E-state index is 12.1. The second-order valence-electron chi connectivity index (χ2n) is 5.94. The third-order valence-corrected chi connectivity index (χ3v) is 4.03. The highest BCUT2D eigenvalue weighted by atomic mass is 16.5. The van der Waals surface area contributed by atoms with Crippen LogP contribution >= 0.6 is 0 Å². The number of ether oxygens (including phenoxy) is 4.